The molecule has 2 N–H and O–H groups in total. The molecule has 1 aliphatic heterocycles. The van der Waals surface area contributed by atoms with E-state index in [-0.39, 0.29) is 28.7 Å². The van der Waals surface area contributed by atoms with Crippen LogP contribution < -0.4 is 10.2 Å². The molecule has 2 aromatic carbocycles. The number of halogens is 5. The average molecular weight is 570 g/mol. The zero-order valence-corrected chi connectivity index (χ0v) is 22.0. The first kappa shape index (κ1) is 29.0. The van der Waals surface area contributed by atoms with Gasteiger partial charge in [0.2, 0.25) is 5.91 Å². The quantitative estimate of drug-likeness (QED) is 0.103. The molecule has 39 heavy (non-hydrogen) atoms. The van der Waals surface area contributed by atoms with Crippen molar-refractivity contribution in [3.05, 3.63) is 65.4 Å². The molecule has 2 heterocycles. The lowest BCUT2D eigenvalue weighted by Gasteiger charge is -2.40. The van der Waals surface area contributed by atoms with Gasteiger partial charge in [-0.3, -0.25) is 15.0 Å². The van der Waals surface area contributed by atoms with Gasteiger partial charge >= 0.3 is 0 Å². The van der Waals surface area contributed by atoms with Gasteiger partial charge in [0.25, 0.3) is 0 Å². The Labute approximate surface area is 226 Å². The molecule has 12 heteroatoms. The number of carbonyl (C=O) groups is 1. The highest BCUT2D eigenvalue weighted by atomic mass is 32.2. The zero-order valence-electron chi connectivity index (χ0n) is 21.2. The van der Waals surface area contributed by atoms with Crippen molar-refractivity contribution in [1.29, 1.82) is 0 Å². The monoisotopic (exact) mass is 569 g/mol. The van der Waals surface area contributed by atoms with Gasteiger partial charge in [-0.2, -0.15) is 0 Å². The summed E-state index contributed by atoms with van der Waals surface area (Å²) in [4.78, 5) is 18.6. The number of nitrogens with one attached hydrogen (secondary N) is 1. The van der Waals surface area contributed by atoms with Crippen LogP contribution in [0.15, 0.2) is 41.4 Å². The molecule has 0 spiro atoms. The smallest absolute Gasteiger partial charge is 0.249 e. The molecule has 1 saturated heterocycles. The molecule has 0 aliphatic carbocycles. The van der Waals surface area contributed by atoms with Gasteiger partial charge in [0.05, 0.1) is 24.2 Å². The Morgan fingerprint density at radius 1 is 1.18 bits per heavy atom. The molecule has 6 nitrogen and oxygen atoms in total. The third kappa shape index (κ3) is 6.44. The van der Waals surface area contributed by atoms with Crippen LogP contribution in [0.3, 0.4) is 0 Å². The van der Waals surface area contributed by atoms with Crippen LogP contribution in [0.25, 0.3) is 10.9 Å². The number of likely N-dealkylation sites (tertiary alicyclic amines) is 1. The van der Waals surface area contributed by atoms with Crippen molar-refractivity contribution in [3.8, 4) is 5.75 Å². The number of rotatable bonds is 10. The summed E-state index contributed by atoms with van der Waals surface area (Å²) in [5.41, 5.74) is 0.871. The van der Waals surface area contributed by atoms with Crippen LogP contribution in [0.5, 0.6) is 5.75 Å². The van der Waals surface area contributed by atoms with E-state index in [0.717, 1.165) is 24.0 Å². The summed E-state index contributed by atoms with van der Waals surface area (Å²) in [7, 11) is 1.45. The van der Waals surface area contributed by atoms with E-state index in [2.05, 4.69) is 4.98 Å². The first-order chi connectivity index (χ1) is 18.7. The van der Waals surface area contributed by atoms with Gasteiger partial charge in [0.1, 0.15) is 23.6 Å². The minimum Gasteiger partial charge on any atom is -0.497 e. The number of piperidine rings is 1. The number of carbonyl (C=O) groups excluding carboxylic acids is 1. The van der Waals surface area contributed by atoms with Crippen molar-refractivity contribution >= 4 is 28.6 Å². The van der Waals surface area contributed by atoms with E-state index in [9.17, 15) is 27.6 Å². The topological polar surface area (TPSA) is 74.7 Å². The Bertz CT molecular complexity index is 1340. The Hall–Kier alpha value is -2.96. The predicted molar refractivity (Wildman–Crippen MR) is 136 cm³/mol. The number of thioether (sulfide) groups is 1. The summed E-state index contributed by atoms with van der Waals surface area (Å²) in [6.07, 6.45) is -0.277. The number of fused-ring (bicyclic) bond motifs is 1. The Kier molecular flexibility index (Phi) is 9.29. The highest BCUT2D eigenvalue weighted by molar-refractivity contribution is 7.99. The van der Waals surface area contributed by atoms with Crippen molar-refractivity contribution in [3.63, 3.8) is 0 Å². The van der Waals surface area contributed by atoms with Gasteiger partial charge in [0, 0.05) is 34.2 Å². The van der Waals surface area contributed by atoms with E-state index in [1.807, 2.05) is 4.90 Å². The number of ether oxygens (including phenoxy) is 1. The molecule has 0 saturated carbocycles. The fourth-order valence-corrected chi connectivity index (χ4v) is 5.99. The highest BCUT2D eigenvalue weighted by Gasteiger charge is 2.41. The molecule has 1 aliphatic rings. The molecule has 0 bridgehead atoms. The van der Waals surface area contributed by atoms with Gasteiger partial charge in [0.15, 0.2) is 11.6 Å². The molecule has 1 amide bonds. The number of aromatic nitrogens is 1. The van der Waals surface area contributed by atoms with Crippen LogP contribution >= 0.6 is 11.8 Å². The Morgan fingerprint density at radius 3 is 2.62 bits per heavy atom. The molecular weight excluding hydrogens is 541 g/mol. The molecule has 1 unspecified atom stereocenters. The number of nitrogens with zero attached hydrogens (tertiary/aromatic N) is 2. The number of benzene rings is 2. The van der Waals surface area contributed by atoms with E-state index in [0.29, 0.717) is 55.6 Å². The van der Waals surface area contributed by atoms with Crippen LogP contribution in [0.1, 0.15) is 37.4 Å². The van der Waals surface area contributed by atoms with Crippen molar-refractivity contribution in [2.24, 2.45) is 5.41 Å². The SMILES string of the molecule is COc1ccc2ncc(F)c(C(F)CCC3(C(=O)NO)CCN(CCSc4cc(F)cc(F)c4F)CC3)c2c1. The second-order valence-corrected chi connectivity index (χ2v) is 10.7. The number of pyridine rings is 1. The van der Waals surface area contributed by atoms with Gasteiger partial charge in [-0.1, -0.05) is 0 Å². The summed E-state index contributed by atoms with van der Waals surface area (Å²) in [5, 5.41) is 9.67. The number of hydroxylamine groups is 1. The third-order valence-electron chi connectivity index (χ3n) is 7.28. The average Bonchev–Trinajstić information content (AvgIpc) is 2.94. The van der Waals surface area contributed by atoms with Crippen LogP contribution in [-0.4, -0.2) is 53.5 Å². The van der Waals surface area contributed by atoms with E-state index >= 15 is 4.39 Å². The zero-order chi connectivity index (χ0) is 28.2. The van der Waals surface area contributed by atoms with Crippen molar-refractivity contribution in [2.45, 2.75) is 36.8 Å². The van der Waals surface area contributed by atoms with Crippen LogP contribution in [0.2, 0.25) is 0 Å². The number of alkyl halides is 1. The largest absolute Gasteiger partial charge is 0.497 e. The maximum Gasteiger partial charge on any atom is 0.249 e. The Morgan fingerprint density at radius 2 is 1.92 bits per heavy atom. The second-order valence-electron chi connectivity index (χ2n) is 9.52. The fourth-order valence-electron chi connectivity index (χ4n) is 5.00. The van der Waals surface area contributed by atoms with Gasteiger partial charge < -0.3 is 9.64 Å². The van der Waals surface area contributed by atoms with Crippen molar-refractivity contribution in [1.82, 2.24) is 15.4 Å². The summed E-state index contributed by atoms with van der Waals surface area (Å²) in [5.74, 6) is -3.87. The molecule has 1 atom stereocenters. The standard InChI is InChI=1S/C27H28F5N3O3S/c1-38-17-2-3-22-18(14-17)24(21(31)15-33-22)19(29)4-5-27(26(36)34-37)6-8-35(9-7-27)10-11-39-23-13-16(28)12-20(30)25(23)32/h2-3,12-15,19,37H,4-11H2,1H3,(H,34,36). The third-order valence-corrected chi connectivity index (χ3v) is 8.27. The maximum atomic E-state index is 15.5. The number of amides is 1. The van der Waals surface area contributed by atoms with Gasteiger partial charge in [-0.15, -0.1) is 11.8 Å². The lowest BCUT2D eigenvalue weighted by molar-refractivity contribution is -0.143. The molecular formula is C27H28F5N3O3S. The normalized spacial score (nSPS) is 16.3. The number of methoxy groups -OCH3 is 1. The summed E-state index contributed by atoms with van der Waals surface area (Å²) < 4.78 is 76.2. The molecule has 1 aromatic heterocycles. The predicted octanol–water partition coefficient (Wildman–Crippen LogP) is 5.97. The first-order valence-corrected chi connectivity index (χ1v) is 13.4. The molecule has 1 fully saturated rings. The van der Waals surface area contributed by atoms with E-state index in [1.54, 1.807) is 17.6 Å². The van der Waals surface area contributed by atoms with Gasteiger partial charge in [-0.05, 0) is 63.0 Å². The fraction of sp³-hybridized carbons (Fsp3) is 0.407. The summed E-state index contributed by atoms with van der Waals surface area (Å²) in [6, 6.07) is 6.19. The maximum absolute atomic E-state index is 15.5. The molecule has 0 radical (unpaired) electrons. The van der Waals surface area contributed by atoms with E-state index in [1.165, 1.54) is 13.2 Å². The first-order valence-electron chi connectivity index (χ1n) is 12.4. The van der Waals surface area contributed by atoms with E-state index < -0.39 is 40.8 Å². The molecule has 3 aromatic rings. The number of hydrogen-bond donors (Lipinski definition) is 2. The molecule has 4 rings (SSSR count). The van der Waals surface area contributed by atoms with Crippen molar-refractivity contribution < 1.29 is 36.7 Å². The summed E-state index contributed by atoms with van der Waals surface area (Å²) in [6.45, 7) is 1.31. The Balaban J connectivity index is 1.40. The second kappa shape index (κ2) is 12.5. The van der Waals surface area contributed by atoms with E-state index in [4.69, 9.17) is 4.74 Å². The number of hydrogen-bond acceptors (Lipinski definition) is 6. The lowest BCUT2D eigenvalue weighted by Crippen LogP contribution is -2.48. The minimum atomic E-state index is -1.73. The van der Waals surface area contributed by atoms with Gasteiger partial charge in [-0.25, -0.2) is 27.4 Å². The summed E-state index contributed by atoms with van der Waals surface area (Å²) >= 11 is 0.981. The lowest BCUT2D eigenvalue weighted by atomic mass is 9.73. The highest BCUT2D eigenvalue weighted by Crippen LogP contribution is 2.41. The van der Waals surface area contributed by atoms with Crippen LogP contribution in [0.4, 0.5) is 22.0 Å². The minimum absolute atomic E-state index is 0.0597. The van der Waals surface area contributed by atoms with Crippen LogP contribution in [0, 0.1) is 28.7 Å². The van der Waals surface area contributed by atoms with Crippen molar-refractivity contribution in [2.75, 3.05) is 32.5 Å². The van der Waals surface area contributed by atoms with Crippen LogP contribution in [-0.2, 0) is 4.79 Å². The molecule has 210 valence electrons.